The van der Waals surface area contributed by atoms with Gasteiger partial charge in [-0.25, -0.2) is 4.18 Å². The van der Waals surface area contributed by atoms with Crippen LogP contribution in [0.4, 0.5) is 0 Å². The molecule has 0 bridgehead atoms. The van der Waals surface area contributed by atoms with Gasteiger partial charge in [-0.1, -0.05) is 311 Å². The van der Waals surface area contributed by atoms with Crippen molar-refractivity contribution in [1.82, 2.24) is 16.0 Å². The Balaban J connectivity index is 3.70. The molecule has 100 heavy (non-hydrogen) atoms. The van der Waals surface area contributed by atoms with Crippen LogP contribution >= 0.6 is 0 Å². The summed E-state index contributed by atoms with van der Waals surface area (Å²) < 4.78 is 71.9. The lowest BCUT2D eigenvalue weighted by molar-refractivity contribution is -0.245. The number of carbonyl (C=O) groups is 6. The number of aliphatic hydroxyl groups excluding tert-OH is 1. The second kappa shape index (κ2) is 66.3. The SMILES string of the molecule is CCCCCCCCCCC[C@H](CC(=O)NCCOC1OC(CO)C(OS(=O)(=O)O)C(NC(=O)C[C@@H](CCCCCCCCCCC)OC(=O)CCCCCCCCC)C1NC(=O)C[C@@H](CCCCCCCCCCC)OC(=O)CCCCCCCCC)OC(=O)CCCCCCCCC. The van der Waals surface area contributed by atoms with Gasteiger partial charge in [0.25, 0.3) is 0 Å². The van der Waals surface area contributed by atoms with Crippen molar-refractivity contribution >= 4 is 46.0 Å². The minimum atomic E-state index is -5.34. The number of amides is 3. The summed E-state index contributed by atoms with van der Waals surface area (Å²) in [6, 6.07) is -3.08. The summed E-state index contributed by atoms with van der Waals surface area (Å²) >= 11 is 0. The number of carbonyl (C=O) groups excluding carboxylic acids is 6. The van der Waals surface area contributed by atoms with Gasteiger partial charge in [-0.05, 0) is 57.8 Å². The van der Waals surface area contributed by atoms with E-state index in [2.05, 4.69) is 57.5 Å². The van der Waals surface area contributed by atoms with E-state index >= 15 is 0 Å². The van der Waals surface area contributed by atoms with E-state index in [9.17, 15) is 46.8 Å². The number of ether oxygens (including phenoxy) is 5. The highest BCUT2D eigenvalue weighted by Crippen LogP contribution is 2.28. The first-order valence-electron chi connectivity index (χ1n) is 41.5. The van der Waals surface area contributed by atoms with Gasteiger partial charge >= 0.3 is 28.3 Å². The Labute approximate surface area is 609 Å². The molecule has 0 spiro atoms. The summed E-state index contributed by atoms with van der Waals surface area (Å²) in [4.78, 5) is 83.6. The molecule has 0 radical (unpaired) electrons. The Morgan fingerprint density at radius 1 is 0.380 bits per heavy atom. The number of rotatable bonds is 72. The Morgan fingerprint density at radius 2 is 0.650 bits per heavy atom. The lowest BCUT2D eigenvalue weighted by Crippen LogP contribution is -2.70. The lowest BCUT2D eigenvalue weighted by atomic mass is 9.93. The first kappa shape index (κ1) is 94.6. The molecule has 8 atom stereocenters. The third-order valence-electron chi connectivity index (χ3n) is 19.5. The zero-order valence-electron chi connectivity index (χ0n) is 64.6. The van der Waals surface area contributed by atoms with Crippen molar-refractivity contribution in [3.05, 3.63) is 0 Å². The summed E-state index contributed by atoms with van der Waals surface area (Å²) in [5.41, 5.74) is 0. The van der Waals surface area contributed by atoms with Crippen molar-refractivity contribution in [2.45, 2.75) is 456 Å². The second-order valence-corrected chi connectivity index (χ2v) is 30.1. The van der Waals surface area contributed by atoms with Gasteiger partial charge in [0, 0.05) is 25.8 Å². The highest BCUT2D eigenvalue weighted by molar-refractivity contribution is 7.80. The summed E-state index contributed by atoms with van der Waals surface area (Å²) in [5.74, 6) is -2.92. The smallest absolute Gasteiger partial charge is 0.397 e. The zero-order chi connectivity index (χ0) is 73.4. The van der Waals surface area contributed by atoms with E-state index in [0.29, 0.717) is 44.9 Å². The largest absolute Gasteiger partial charge is 0.462 e. The number of aliphatic hydroxyl groups is 1. The molecule has 0 aliphatic carbocycles. The van der Waals surface area contributed by atoms with E-state index < -0.39 is 89.7 Å². The molecular formula is C80H151N3O16S. The molecule has 3 amide bonds. The quantitative estimate of drug-likeness (QED) is 0.0164. The van der Waals surface area contributed by atoms with Gasteiger partial charge in [0.1, 0.15) is 36.6 Å². The predicted molar refractivity (Wildman–Crippen MR) is 402 cm³/mol. The molecule has 1 saturated heterocycles. The second-order valence-electron chi connectivity index (χ2n) is 29.0. The number of unbranched alkanes of at least 4 members (excludes halogenated alkanes) is 42. The van der Waals surface area contributed by atoms with Gasteiger partial charge in [-0.15, -0.1) is 0 Å². The average Bonchev–Trinajstić information content (AvgIpc) is 0.782. The van der Waals surface area contributed by atoms with Crippen LogP contribution in [0.2, 0.25) is 0 Å². The van der Waals surface area contributed by atoms with Gasteiger partial charge in [0.15, 0.2) is 6.29 Å². The van der Waals surface area contributed by atoms with Gasteiger partial charge in [0.2, 0.25) is 17.7 Å². The van der Waals surface area contributed by atoms with Crippen molar-refractivity contribution in [1.29, 1.82) is 0 Å². The van der Waals surface area contributed by atoms with E-state index in [1.54, 1.807) is 0 Å². The van der Waals surface area contributed by atoms with Crippen LogP contribution in [0.1, 0.15) is 408 Å². The van der Waals surface area contributed by atoms with Crippen LogP contribution in [0, 0.1) is 0 Å². The highest BCUT2D eigenvalue weighted by atomic mass is 32.3. The number of hydrogen-bond donors (Lipinski definition) is 5. The summed E-state index contributed by atoms with van der Waals surface area (Å²) in [6.45, 7) is 11.9. The fourth-order valence-corrected chi connectivity index (χ4v) is 14.0. The van der Waals surface area contributed by atoms with Gasteiger partial charge in [-0.3, -0.25) is 33.3 Å². The molecular weight excluding hydrogens is 1290 g/mol. The van der Waals surface area contributed by atoms with Crippen LogP contribution in [0.5, 0.6) is 0 Å². The van der Waals surface area contributed by atoms with Gasteiger partial charge in [0.05, 0.1) is 38.5 Å². The third kappa shape index (κ3) is 55.1. The Morgan fingerprint density at radius 3 is 0.940 bits per heavy atom. The molecule has 1 heterocycles. The van der Waals surface area contributed by atoms with E-state index in [1.807, 2.05) is 0 Å². The molecule has 0 aromatic carbocycles. The van der Waals surface area contributed by atoms with Crippen LogP contribution in [-0.2, 0) is 67.0 Å². The number of nitrogens with one attached hydrogen (secondary N) is 3. The molecule has 19 nitrogen and oxygen atoms in total. The molecule has 1 fully saturated rings. The average molecular weight is 1440 g/mol. The molecule has 1 aliphatic rings. The van der Waals surface area contributed by atoms with Crippen LogP contribution in [0.3, 0.4) is 0 Å². The topological polar surface area (TPSA) is 268 Å². The van der Waals surface area contributed by atoms with E-state index in [1.165, 1.54) is 109 Å². The van der Waals surface area contributed by atoms with Crippen LogP contribution in [0.15, 0.2) is 0 Å². The van der Waals surface area contributed by atoms with Gasteiger partial charge < -0.3 is 44.7 Å². The van der Waals surface area contributed by atoms with E-state index in [0.717, 1.165) is 173 Å². The number of hydrogen-bond acceptors (Lipinski definition) is 15. The first-order valence-corrected chi connectivity index (χ1v) is 42.9. The minimum absolute atomic E-state index is 0.0773. The number of esters is 3. The molecule has 0 saturated carbocycles. The first-order chi connectivity index (χ1) is 48.5. The normalized spacial score (nSPS) is 17.1. The van der Waals surface area contributed by atoms with E-state index in [-0.39, 0.29) is 63.6 Å². The fourth-order valence-electron chi connectivity index (χ4n) is 13.4. The standard InChI is InChI=1S/C80H151N3O16S/c1-7-13-19-25-31-34-40-43-49-55-67(95-74(88)58-52-46-37-28-22-16-10-4)63-71(85)81-61-62-94-80-78(83-73(87)65-69(57-51-45-42-36-33-27-21-15-9-3)97-76(90)60-54-48-39-30-24-18-12-6)77(79(70(66-84)98-80)99-100(91,92)93)82-72(86)64-68(56-50-44-41-35-32-26-20-14-8-2)96-75(89)59-53-47-38-29-23-17-11-5/h67-70,77-80,84H,7-66H2,1-6H3,(H,81,85)(H,82,86)(H,83,87)(H,91,92,93)/t67-,68-,69-,70?,77?,78?,79?,80?/m1/s1. The Bertz CT molecular complexity index is 2100. The molecule has 5 N–H and O–H groups in total. The van der Waals surface area contributed by atoms with Crippen LogP contribution in [-0.4, -0.2) is 122 Å². The molecule has 1 rings (SSSR count). The maximum absolute atomic E-state index is 14.8. The Hall–Kier alpha value is -3.43. The van der Waals surface area contributed by atoms with Crippen molar-refractivity contribution in [3.63, 3.8) is 0 Å². The highest BCUT2D eigenvalue weighted by Gasteiger charge is 2.50. The van der Waals surface area contributed by atoms with Crippen molar-refractivity contribution in [2.24, 2.45) is 0 Å². The third-order valence-corrected chi connectivity index (χ3v) is 19.9. The molecule has 0 aromatic heterocycles. The zero-order valence-corrected chi connectivity index (χ0v) is 65.4. The molecule has 0 aromatic rings. The molecule has 1 aliphatic heterocycles. The molecule has 20 heteroatoms. The lowest BCUT2D eigenvalue weighted by Gasteiger charge is -2.45. The molecule has 5 unspecified atom stereocenters. The minimum Gasteiger partial charge on any atom is -0.462 e. The fraction of sp³-hybridized carbons (Fsp3) is 0.925. The van der Waals surface area contributed by atoms with Crippen molar-refractivity contribution in [2.75, 3.05) is 19.8 Å². The maximum atomic E-state index is 14.8. The van der Waals surface area contributed by atoms with Crippen LogP contribution < -0.4 is 16.0 Å². The molecule has 588 valence electrons. The van der Waals surface area contributed by atoms with Crippen molar-refractivity contribution < 1.29 is 74.7 Å². The van der Waals surface area contributed by atoms with Crippen LogP contribution in [0.25, 0.3) is 0 Å². The predicted octanol–water partition coefficient (Wildman–Crippen LogP) is 19.1. The van der Waals surface area contributed by atoms with E-state index in [4.69, 9.17) is 27.9 Å². The Kier molecular flexibility index (Phi) is 62.7. The summed E-state index contributed by atoms with van der Waals surface area (Å²) in [5, 5.41) is 19.5. The summed E-state index contributed by atoms with van der Waals surface area (Å²) in [6.07, 6.45) is 44.4. The summed E-state index contributed by atoms with van der Waals surface area (Å²) in [7, 11) is -5.34. The van der Waals surface area contributed by atoms with Gasteiger partial charge in [-0.2, -0.15) is 8.42 Å². The van der Waals surface area contributed by atoms with Crippen molar-refractivity contribution in [3.8, 4) is 0 Å². The maximum Gasteiger partial charge on any atom is 0.397 e. The monoisotopic (exact) mass is 1440 g/mol.